The quantitative estimate of drug-likeness (QED) is 0.352. The van der Waals surface area contributed by atoms with Crippen molar-refractivity contribution in [2.24, 2.45) is 0 Å². The molecular weight excluding hydrogens is 514 g/mol. The smallest absolute Gasteiger partial charge is 0.253 e. The number of H-pyrrole nitrogens is 1. The summed E-state index contributed by atoms with van der Waals surface area (Å²) in [5.74, 6) is 1.51. The molecule has 2 aromatic carbocycles. The Morgan fingerprint density at radius 2 is 1.87 bits per heavy atom. The van der Waals surface area contributed by atoms with E-state index >= 15 is 0 Å². The van der Waals surface area contributed by atoms with Crippen molar-refractivity contribution in [3.8, 4) is 5.75 Å². The first kappa shape index (κ1) is 25.8. The summed E-state index contributed by atoms with van der Waals surface area (Å²) in [6.07, 6.45) is 4.45. The average molecular weight is 548 g/mol. The van der Waals surface area contributed by atoms with Crippen molar-refractivity contribution in [2.75, 3.05) is 37.7 Å². The molecule has 0 spiro atoms. The van der Waals surface area contributed by atoms with Gasteiger partial charge in [-0.2, -0.15) is 0 Å². The number of benzene rings is 2. The number of pyridine rings is 1. The van der Waals surface area contributed by atoms with Gasteiger partial charge in [0.15, 0.2) is 5.82 Å². The lowest BCUT2D eigenvalue weighted by Crippen LogP contribution is -2.49. The largest absolute Gasteiger partial charge is 0.494 e. The third-order valence-electron chi connectivity index (χ3n) is 8.07. The molecule has 0 amide bonds. The molecule has 1 saturated carbocycles. The maximum absolute atomic E-state index is 13.6. The van der Waals surface area contributed by atoms with Gasteiger partial charge in [0.05, 0.1) is 12.6 Å². The normalized spacial score (nSPS) is 17.7. The Morgan fingerprint density at radius 3 is 2.64 bits per heavy atom. The van der Waals surface area contributed by atoms with Gasteiger partial charge in [-0.3, -0.25) is 9.69 Å². The molecule has 39 heavy (non-hydrogen) atoms. The summed E-state index contributed by atoms with van der Waals surface area (Å²) in [6, 6.07) is 13.7. The number of aromatic amines is 1. The van der Waals surface area contributed by atoms with Crippen LogP contribution in [0.4, 0.5) is 5.69 Å². The first-order valence-electron chi connectivity index (χ1n) is 13.8. The maximum Gasteiger partial charge on any atom is 0.253 e. The van der Waals surface area contributed by atoms with Crippen LogP contribution in [-0.4, -0.2) is 62.9 Å². The van der Waals surface area contributed by atoms with Crippen molar-refractivity contribution < 1.29 is 4.74 Å². The molecule has 1 aliphatic carbocycles. The van der Waals surface area contributed by atoms with Gasteiger partial charge in [0, 0.05) is 53.4 Å². The lowest BCUT2D eigenvalue weighted by atomic mass is 10.0. The van der Waals surface area contributed by atoms with E-state index in [9.17, 15) is 4.79 Å². The zero-order valence-corrected chi connectivity index (χ0v) is 23.2. The molecule has 3 heterocycles. The lowest BCUT2D eigenvalue weighted by molar-refractivity contribution is 0.197. The highest BCUT2D eigenvalue weighted by atomic mass is 35.5. The molecule has 2 aromatic heterocycles. The lowest BCUT2D eigenvalue weighted by Gasteiger charge is -2.40. The van der Waals surface area contributed by atoms with Crippen LogP contribution >= 0.6 is 11.6 Å². The first-order chi connectivity index (χ1) is 19.0. The van der Waals surface area contributed by atoms with Crippen LogP contribution in [0.5, 0.6) is 5.75 Å². The fourth-order valence-electron chi connectivity index (χ4n) is 6.09. The van der Waals surface area contributed by atoms with E-state index in [-0.39, 0.29) is 17.6 Å². The molecule has 1 atom stereocenters. The van der Waals surface area contributed by atoms with Gasteiger partial charge in [-0.15, -0.1) is 5.10 Å². The van der Waals surface area contributed by atoms with Crippen LogP contribution in [0, 0.1) is 6.92 Å². The van der Waals surface area contributed by atoms with E-state index in [0.717, 1.165) is 72.2 Å². The molecule has 204 valence electrons. The Bertz CT molecular complexity index is 1520. The second-order valence-electron chi connectivity index (χ2n) is 10.5. The summed E-state index contributed by atoms with van der Waals surface area (Å²) in [4.78, 5) is 21.4. The number of hydrogen-bond donors (Lipinski definition) is 1. The Hall–Kier alpha value is -3.43. The van der Waals surface area contributed by atoms with Crippen molar-refractivity contribution in [3.05, 3.63) is 74.8 Å². The van der Waals surface area contributed by atoms with E-state index < -0.39 is 0 Å². The molecule has 1 N–H and O–H groups in total. The number of hydrogen-bond acceptors (Lipinski definition) is 7. The van der Waals surface area contributed by atoms with Crippen LogP contribution in [0.1, 0.15) is 61.6 Å². The number of fused-ring (bicyclic) bond motifs is 1. The van der Waals surface area contributed by atoms with Crippen LogP contribution < -0.4 is 15.2 Å². The fraction of sp³-hybridized carbons (Fsp3) is 0.448. The van der Waals surface area contributed by atoms with Gasteiger partial charge in [-0.25, -0.2) is 4.68 Å². The maximum atomic E-state index is 13.6. The highest BCUT2D eigenvalue weighted by Gasteiger charge is 2.35. The average Bonchev–Trinajstić information content (AvgIpc) is 3.64. The summed E-state index contributed by atoms with van der Waals surface area (Å²) in [7, 11) is 0. The molecule has 1 unspecified atom stereocenters. The first-order valence-corrected chi connectivity index (χ1v) is 14.2. The molecule has 2 fully saturated rings. The van der Waals surface area contributed by atoms with Crippen molar-refractivity contribution in [2.45, 2.75) is 51.6 Å². The zero-order valence-electron chi connectivity index (χ0n) is 22.4. The molecule has 2 aliphatic rings. The molecule has 0 radical (unpaired) electrons. The van der Waals surface area contributed by atoms with Gasteiger partial charge < -0.3 is 14.6 Å². The minimum Gasteiger partial charge on any atom is -0.494 e. The zero-order chi connectivity index (χ0) is 26.9. The standard InChI is InChI=1S/C29H34ClN7O2/c1-3-39-23-10-11-25-20(16-23)17-24(29(38)31-25)27(28-32-33-34-37(28)22-6-4-5-7-22)36-14-12-35(13-15-36)26-18-21(30)9-8-19(26)2/h8-11,16-18,22,27H,3-7,12-15H2,1-2H3,(H,31,38). The van der Waals surface area contributed by atoms with Gasteiger partial charge in [-0.05, 0) is 79.1 Å². The predicted molar refractivity (Wildman–Crippen MR) is 153 cm³/mol. The molecule has 6 rings (SSSR count). The highest BCUT2D eigenvalue weighted by molar-refractivity contribution is 6.30. The van der Waals surface area contributed by atoms with E-state index in [2.05, 4.69) is 43.3 Å². The summed E-state index contributed by atoms with van der Waals surface area (Å²) in [5, 5.41) is 14.7. The van der Waals surface area contributed by atoms with Gasteiger partial charge in [0.25, 0.3) is 5.56 Å². The Kier molecular flexibility index (Phi) is 7.27. The summed E-state index contributed by atoms with van der Waals surface area (Å²) >= 11 is 6.33. The van der Waals surface area contributed by atoms with Crippen molar-refractivity contribution in [3.63, 3.8) is 0 Å². The highest BCUT2D eigenvalue weighted by Crippen LogP contribution is 2.35. The van der Waals surface area contributed by atoms with Crippen LogP contribution in [0.2, 0.25) is 5.02 Å². The second kappa shape index (κ2) is 11.0. The van der Waals surface area contributed by atoms with E-state index in [1.54, 1.807) is 0 Å². The molecule has 10 heteroatoms. The molecule has 9 nitrogen and oxygen atoms in total. The number of halogens is 1. The number of rotatable bonds is 7. The predicted octanol–water partition coefficient (Wildman–Crippen LogP) is 4.90. The molecule has 0 bridgehead atoms. The monoisotopic (exact) mass is 547 g/mol. The third-order valence-corrected chi connectivity index (χ3v) is 8.31. The van der Waals surface area contributed by atoms with E-state index in [1.807, 2.05) is 48.0 Å². The molecule has 1 aliphatic heterocycles. The Labute approximate surface area is 232 Å². The van der Waals surface area contributed by atoms with Crippen LogP contribution in [0.25, 0.3) is 10.9 Å². The Morgan fingerprint density at radius 1 is 1.08 bits per heavy atom. The molecule has 1 saturated heterocycles. The van der Waals surface area contributed by atoms with Crippen molar-refractivity contribution in [1.29, 1.82) is 0 Å². The number of nitrogens with zero attached hydrogens (tertiary/aromatic N) is 6. The van der Waals surface area contributed by atoms with E-state index in [0.29, 0.717) is 12.2 Å². The van der Waals surface area contributed by atoms with Crippen LogP contribution in [0.15, 0.2) is 47.3 Å². The Balaban J connectivity index is 1.39. The van der Waals surface area contributed by atoms with Gasteiger partial charge in [0.2, 0.25) is 0 Å². The van der Waals surface area contributed by atoms with E-state index in [1.165, 1.54) is 18.4 Å². The SMILES string of the molecule is CCOc1ccc2[nH]c(=O)c(C(c3nnnn3C3CCCC3)N3CCN(c4cc(Cl)ccc4C)CC3)cc2c1. The number of nitrogens with one attached hydrogen (secondary N) is 1. The number of anilines is 1. The van der Waals surface area contributed by atoms with E-state index in [4.69, 9.17) is 16.3 Å². The van der Waals surface area contributed by atoms with Gasteiger partial charge in [0.1, 0.15) is 11.8 Å². The number of aryl methyl sites for hydroxylation is 1. The van der Waals surface area contributed by atoms with Crippen LogP contribution in [-0.2, 0) is 0 Å². The van der Waals surface area contributed by atoms with Crippen molar-refractivity contribution >= 4 is 28.2 Å². The summed E-state index contributed by atoms with van der Waals surface area (Å²) in [5.41, 5.74) is 3.66. The third kappa shape index (κ3) is 5.13. The van der Waals surface area contributed by atoms with Gasteiger partial charge >= 0.3 is 0 Å². The number of piperazine rings is 1. The molecule has 4 aromatic rings. The fourth-order valence-corrected chi connectivity index (χ4v) is 6.26. The van der Waals surface area contributed by atoms with Crippen molar-refractivity contribution in [1.82, 2.24) is 30.1 Å². The number of aromatic nitrogens is 5. The molecular formula is C29H34ClN7O2. The minimum atomic E-state index is -0.368. The second-order valence-corrected chi connectivity index (χ2v) is 10.9. The topological polar surface area (TPSA) is 92.2 Å². The van der Waals surface area contributed by atoms with Gasteiger partial charge in [-0.1, -0.05) is 30.5 Å². The van der Waals surface area contributed by atoms with Crippen LogP contribution in [0.3, 0.4) is 0 Å². The summed E-state index contributed by atoms with van der Waals surface area (Å²) in [6.45, 7) is 7.78. The minimum absolute atomic E-state index is 0.120. The summed E-state index contributed by atoms with van der Waals surface area (Å²) < 4.78 is 7.72. The number of ether oxygens (including phenoxy) is 1. The number of tetrazole rings is 1.